The number of hydrogen-bond donors (Lipinski definition) is 1. The summed E-state index contributed by atoms with van der Waals surface area (Å²) in [5, 5.41) is 2.72. The van der Waals surface area contributed by atoms with E-state index >= 15 is 0 Å². The van der Waals surface area contributed by atoms with Gasteiger partial charge in [-0.2, -0.15) is 0 Å². The van der Waals surface area contributed by atoms with Crippen LogP contribution in [0.5, 0.6) is 17.2 Å². The van der Waals surface area contributed by atoms with Crippen molar-refractivity contribution in [2.75, 3.05) is 30.1 Å². The summed E-state index contributed by atoms with van der Waals surface area (Å²) in [6.07, 6.45) is 0. The van der Waals surface area contributed by atoms with Crippen LogP contribution in [0.3, 0.4) is 0 Å². The minimum Gasteiger partial charge on any atom is -0.497 e. The van der Waals surface area contributed by atoms with E-state index < -0.39 is 22.5 Å². The van der Waals surface area contributed by atoms with E-state index in [1.54, 1.807) is 54.6 Å². The Bertz CT molecular complexity index is 1220. The molecule has 32 heavy (non-hydrogen) atoms. The first-order valence-corrected chi connectivity index (χ1v) is 11.2. The van der Waals surface area contributed by atoms with E-state index in [4.69, 9.17) is 14.2 Å². The van der Waals surface area contributed by atoms with Crippen LogP contribution < -0.4 is 23.8 Å². The normalized spacial score (nSPS) is 12.3. The standard InChI is InChI=1S/C23H22N2O6S/c1-16-3-10-20(11-4-16)32(27,28)25(18-6-8-19(29-2)9-7-18)14-23(26)24-17-5-12-21-22(13-17)31-15-30-21/h3-13H,14-15H2,1-2H3,(H,24,26). The second kappa shape index (κ2) is 8.80. The molecule has 0 radical (unpaired) electrons. The fourth-order valence-corrected chi connectivity index (χ4v) is 4.63. The second-order valence-corrected chi connectivity index (χ2v) is 9.00. The summed E-state index contributed by atoms with van der Waals surface area (Å²) in [5.41, 5.74) is 1.74. The van der Waals surface area contributed by atoms with Gasteiger partial charge in [0.15, 0.2) is 11.5 Å². The van der Waals surface area contributed by atoms with E-state index in [1.165, 1.54) is 19.2 Å². The SMILES string of the molecule is COc1ccc(N(CC(=O)Nc2ccc3c(c2)OCO3)S(=O)(=O)c2ccc(C)cc2)cc1. The number of hydrogen-bond acceptors (Lipinski definition) is 6. The molecule has 1 N–H and O–H groups in total. The largest absolute Gasteiger partial charge is 0.497 e. The fraction of sp³-hybridized carbons (Fsp3) is 0.174. The van der Waals surface area contributed by atoms with Gasteiger partial charge in [0, 0.05) is 11.8 Å². The van der Waals surface area contributed by atoms with Crippen molar-refractivity contribution in [1.82, 2.24) is 0 Å². The van der Waals surface area contributed by atoms with E-state index in [9.17, 15) is 13.2 Å². The number of carbonyl (C=O) groups is 1. The number of anilines is 2. The van der Waals surface area contributed by atoms with Crippen molar-refractivity contribution in [2.24, 2.45) is 0 Å². The number of nitrogens with zero attached hydrogens (tertiary/aromatic N) is 1. The van der Waals surface area contributed by atoms with Crippen molar-refractivity contribution in [3.63, 3.8) is 0 Å². The fourth-order valence-electron chi connectivity index (χ4n) is 3.21. The molecule has 0 bridgehead atoms. The molecule has 1 aliphatic heterocycles. The van der Waals surface area contributed by atoms with Crippen LogP contribution in [0.1, 0.15) is 5.56 Å². The first-order chi connectivity index (χ1) is 15.4. The number of nitrogens with one attached hydrogen (secondary N) is 1. The number of rotatable bonds is 7. The number of amides is 1. The van der Waals surface area contributed by atoms with Crippen molar-refractivity contribution in [2.45, 2.75) is 11.8 Å². The molecule has 0 spiro atoms. The molecule has 3 aromatic carbocycles. The molecule has 9 heteroatoms. The second-order valence-electron chi connectivity index (χ2n) is 7.14. The Morgan fingerprint density at radius 2 is 1.69 bits per heavy atom. The molecular weight excluding hydrogens is 432 g/mol. The maximum Gasteiger partial charge on any atom is 0.264 e. The van der Waals surface area contributed by atoms with Gasteiger partial charge in [-0.3, -0.25) is 9.10 Å². The van der Waals surface area contributed by atoms with Gasteiger partial charge in [-0.1, -0.05) is 17.7 Å². The van der Waals surface area contributed by atoms with Crippen LogP contribution in [0.4, 0.5) is 11.4 Å². The van der Waals surface area contributed by atoms with E-state index in [1.807, 2.05) is 6.92 Å². The lowest BCUT2D eigenvalue weighted by Crippen LogP contribution is -2.38. The molecule has 0 fully saturated rings. The summed E-state index contributed by atoms with van der Waals surface area (Å²) >= 11 is 0. The molecule has 3 aromatic rings. The van der Waals surface area contributed by atoms with E-state index in [-0.39, 0.29) is 11.7 Å². The van der Waals surface area contributed by atoms with Crippen molar-refractivity contribution < 1.29 is 27.4 Å². The summed E-state index contributed by atoms with van der Waals surface area (Å²) < 4.78 is 43.7. The third kappa shape index (κ3) is 4.47. The average molecular weight is 455 g/mol. The monoisotopic (exact) mass is 454 g/mol. The Labute approximate surface area is 186 Å². The predicted molar refractivity (Wildman–Crippen MR) is 120 cm³/mol. The molecule has 0 saturated carbocycles. The number of fused-ring (bicyclic) bond motifs is 1. The molecule has 8 nitrogen and oxygen atoms in total. The van der Waals surface area contributed by atoms with E-state index in [2.05, 4.69) is 5.32 Å². The third-order valence-corrected chi connectivity index (χ3v) is 6.70. The molecule has 1 amide bonds. The van der Waals surface area contributed by atoms with Gasteiger partial charge in [0.05, 0.1) is 17.7 Å². The summed E-state index contributed by atoms with van der Waals surface area (Å²) in [6, 6.07) is 17.9. The topological polar surface area (TPSA) is 94.2 Å². The van der Waals surface area contributed by atoms with Crippen molar-refractivity contribution in [3.8, 4) is 17.2 Å². The van der Waals surface area contributed by atoms with Crippen molar-refractivity contribution in [3.05, 3.63) is 72.3 Å². The maximum atomic E-state index is 13.4. The third-order valence-electron chi connectivity index (χ3n) is 4.91. The average Bonchev–Trinajstić information content (AvgIpc) is 3.26. The first kappa shape index (κ1) is 21.5. The summed E-state index contributed by atoms with van der Waals surface area (Å²) in [6.45, 7) is 1.57. The van der Waals surface area contributed by atoms with Gasteiger partial charge in [-0.05, 0) is 55.5 Å². The Kier molecular flexibility index (Phi) is 5.91. The Hall–Kier alpha value is -3.72. The van der Waals surface area contributed by atoms with Crippen LogP contribution in [-0.2, 0) is 14.8 Å². The summed E-state index contributed by atoms with van der Waals surface area (Å²) in [4.78, 5) is 12.9. The molecular formula is C23H22N2O6S. The number of aryl methyl sites for hydroxylation is 1. The Morgan fingerprint density at radius 3 is 2.38 bits per heavy atom. The zero-order valence-corrected chi connectivity index (χ0v) is 18.4. The number of methoxy groups -OCH3 is 1. The highest BCUT2D eigenvalue weighted by molar-refractivity contribution is 7.92. The van der Waals surface area contributed by atoms with E-state index in [0.29, 0.717) is 28.6 Å². The van der Waals surface area contributed by atoms with Crippen LogP contribution in [0, 0.1) is 6.92 Å². The molecule has 166 valence electrons. The highest BCUT2D eigenvalue weighted by Gasteiger charge is 2.27. The Balaban J connectivity index is 1.62. The molecule has 0 saturated heterocycles. The highest BCUT2D eigenvalue weighted by Crippen LogP contribution is 2.34. The van der Waals surface area contributed by atoms with Crippen LogP contribution in [0.2, 0.25) is 0 Å². The van der Waals surface area contributed by atoms with Gasteiger partial charge in [0.1, 0.15) is 12.3 Å². The summed E-state index contributed by atoms with van der Waals surface area (Å²) in [5.74, 6) is 1.17. The molecule has 0 atom stereocenters. The zero-order valence-electron chi connectivity index (χ0n) is 17.6. The lowest BCUT2D eigenvalue weighted by atomic mass is 10.2. The molecule has 1 aliphatic rings. The lowest BCUT2D eigenvalue weighted by molar-refractivity contribution is -0.114. The molecule has 1 heterocycles. The van der Waals surface area contributed by atoms with Crippen LogP contribution in [0.15, 0.2) is 71.6 Å². The van der Waals surface area contributed by atoms with Crippen LogP contribution in [0.25, 0.3) is 0 Å². The van der Waals surface area contributed by atoms with Gasteiger partial charge in [0.25, 0.3) is 10.0 Å². The molecule has 0 unspecified atom stereocenters. The Morgan fingerprint density at radius 1 is 1.00 bits per heavy atom. The van der Waals surface area contributed by atoms with E-state index in [0.717, 1.165) is 9.87 Å². The number of carbonyl (C=O) groups excluding carboxylic acids is 1. The lowest BCUT2D eigenvalue weighted by Gasteiger charge is -2.24. The quantitative estimate of drug-likeness (QED) is 0.587. The maximum absolute atomic E-state index is 13.4. The minimum absolute atomic E-state index is 0.0924. The summed E-state index contributed by atoms with van der Waals surface area (Å²) in [7, 11) is -2.48. The smallest absolute Gasteiger partial charge is 0.264 e. The molecule has 0 aromatic heterocycles. The van der Waals surface area contributed by atoms with Gasteiger partial charge in [0.2, 0.25) is 12.7 Å². The van der Waals surface area contributed by atoms with Crippen molar-refractivity contribution in [1.29, 1.82) is 0 Å². The van der Waals surface area contributed by atoms with Gasteiger partial charge >= 0.3 is 0 Å². The van der Waals surface area contributed by atoms with Crippen LogP contribution >= 0.6 is 0 Å². The van der Waals surface area contributed by atoms with Gasteiger partial charge < -0.3 is 19.5 Å². The molecule has 0 aliphatic carbocycles. The number of ether oxygens (including phenoxy) is 3. The highest BCUT2D eigenvalue weighted by atomic mass is 32.2. The van der Waals surface area contributed by atoms with Gasteiger partial charge in [-0.25, -0.2) is 8.42 Å². The minimum atomic E-state index is -4.00. The van der Waals surface area contributed by atoms with Crippen LogP contribution in [-0.4, -0.2) is 34.8 Å². The van der Waals surface area contributed by atoms with Gasteiger partial charge in [-0.15, -0.1) is 0 Å². The number of sulfonamides is 1. The van der Waals surface area contributed by atoms with Crippen molar-refractivity contribution >= 4 is 27.3 Å². The first-order valence-electron chi connectivity index (χ1n) is 9.80. The zero-order chi connectivity index (χ0) is 22.7. The number of benzene rings is 3. The predicted octanol–water partition coefficient (Wildman–Crippen LogP) is 3.57. The molecule has 4 rings (SSSR count).